The fourth-order valence-electron chi connectivity index (χ4n) is 0.965. The monoisotopic (exact) mass is 176 g/mol. The minimum Gasteiger partial charge on any atom is -0.290 e. The molecule has 1 aliphatic carbocycles. The van der Waals surface area contributed by atoms with Crippen molar-refractivity contribution < 1.29 is 18.0 Å². The summed E-state index contributed by atoms with van der Waals surface area (Å²) in [6.45, 7) is 3.35. The number of allylic oxidation sites excluding steroid dienone is 3. The van der Waals surface area contributed by atoms with Gasteiger partial charge in [-0.3, -0.25) is 4.79 Å². The normalized spacial score (nSPS) is 19.4. The van der Waals surface area contributed by atoms with Crippen LogP contribution in [0.1, 0.15) is 12.8 Å². The summed E-state index contributed by atoms with van der Waals surface area (Å²) in [6.07, 6.45) is -3.75. The summed E-state index contributed by atoms with van der Waals surface area (Å²) in [5.41, 5.74) is -0.497. The summed E-state index contributed by atoms with van der Waals surface area (Å²) in [5.74, 6) is -0.603. The van der Waals surface area contributed by atoms with E-state index in [-0.39, 0.29) is 18.4 Å². The molecule has 0 aromatic rings. The summed E-state index contributed by atoms with van der Waals surface area (Å²) in [4.78, 5) is 10.8. The number of carbonyl (C=O) groups excluding carboxylic acids is 1. The Hall–Kier alpha value is -1.06. The van der Waals surface area contributed by atoms with Crippen LogP contribution in [-0.2, 0) is 4.79 Å². The molecule has 1 rings (SSSR count). The van der Waals surface area contributed by atoms with Gasteiger partial charge in [0.05, 0.1) is 0 Å². The molecule has 4 heteroatoms. The van der Waals surface area contributed by atoms with Gasteiger partial charge in [-0.15, -0.1) is 0 Å². The first-order chi connectivity index (χ1) is 5.41. The number of ketones is 1. The van der Waals surface area contributed by atoms with Gasteiger partial charge in [0.2, 0.25) is 0 Å². The summed E-state index contributed by atoms with van der Waals surface area (Å²) < 4.78 is 36.0. The molecule has 0 radical (unpaired) electrons. The molecular formula is C8H7F3O. The average molecular weight is 176 g/mol. The van der Waals surface area contributed by atoms with Gasteiger partial charge in [-0.1, -0.05) is 6.58 Å². The molecule has 0 N–H and O–H groups in total. The highest BCUT2D eigenvalue weighted by molar-refractivity contribution is 6.04. The maximum atomic E-state index is 12.0. The number of hydrogen-bond acceptors (Lipinski definition) is 1. The predicted molar refractivity (Wildman–Crippen MR) is 37.5 cm³/mol. The second-order valence-electron chi connectivity index (χ2n) is 2.64. The van der Waals surface area contributed by atoms with Crippen molar-refractivity contribution in [3.63, 3.8) is 0 Å². The van der Waals surface area contributed by atoms with Crippen LogP contribution in [0.25, 0.3) is 0 Å². The standard InChI is InChI=1S/C8H7F3O/c1-5-2-3-6(4-7(5)12)8(9,10)11/h4H,1-3H2. The minimum atomic E-state index is -4.36. The van der Waals surface area contributed by atoms with Crippen LogP contribution in [0.4, 0.5) is 13.2 Å². The zero-order valence-corrected chi connectivity index (χ0v) is 6.24. The molecule has 0 aromatic heterocycles. The topological polar surface area (TPSA) is 17.1 Å². The fourth-order valence-corrected chi connectivity index (χ4v) is 0.965. The van der Waals surface area contributed by atoms with Gasteiger partial charge in [0.1, 0.15) is 0 Å². The van der Waals surface area contributed by atoms with Gasteiger partial charge in [-0.2, -0.15) is 13.2 Å². The molecule has 0 spiro atoms. The smallest absolute Gasteiger partial charge is 0.290 e. The molecule has 0 atom stereocenters. The van der Waals surface area contributed by atoms with Crippen LogP contribution >= 0.6 is 0 Å². The lowest BCUT2D eigenvalue weighted by atomic mass is 9.95. The van der Waals surface area contributed by atoms with E-state index < -0.39 is 17.5 Å². The molecule has 1 nitrogen and oxygen atoms in total. The largest absolute Gasteiger partial charge is 0.412 e. The molecule has 0 saturated carbocycles. The van der Waals surface area contributed by atoms with Crippen molar-refractivity contribution in [3.05, 3.63) is 23.8 Å². The van der Waals surface area contributed by atoms with Crippen molar-refractivity contribution in [1.29, 1.82) is 0 Å². The zero-order valence-electron chi connectivity index (χ0n) is 6.24. The number of halogens is 3. The van der Waals surface area contributed by atoms with E-state index in [0.717, 1.165) is 0 Å². The van der Waals surface area contributed by atoms with Gasteiger partial charge in [0.25, 0.3) is 0 Å². The molecule has 0 heterocycles. The van der Waals surface area contributed by atoms with Crippen molar-refractivity contribution >= 4 is 5.78 Å². The van der Waals surface area contributed by atoms with E-state index in [1.165, 1.54) is 0 Å². The lowest BCUT2D eigenvalue weighted by molar-refractivity contribution is -0.114. The van der Waals surface area contributed by atoms with E-state index in [4.69, 9.17) is 0 Å². The van der Waals surface area contributed by atoms with Gasteiger partial charge >= 0.3 is 6.18 Å². The van der Waals surface area contributed by atoms with Gasteiger partial charge in [0.15, 0.2) is 5.78 Å². The van der Waals surface area contributed by atoms with Crippen LogP contribution in [0.2, 0.25) is 0 Å². The Morgan fingerprint density at radius 2 is 1.92 bits per heavy atom. The maximum absolute atomic E-state index is 12.0. The fraction of sp³-hybridized carbons (Fsp3) is 0.375. The van der Waals surface area contributed by atoms with Crippen molar-refractivity contribution in [1.82, 2.24) is 0 Å². The van der Waals surface area contributed by atoms with Crippen molar-refractivity contribution in [2.45, 2.75) is 19.0 Å². The lowest BCUT2D eigenvalue weighted by Crippen LogP contribution is -2.18. The van der Waals surface area contributed by atoms with Crippen LogP contribution in [0.3, 0.4) is 0 Å². The van der Waals surface area contributed by atoms with Gasteiger partial charge in [0, 0.05) is 5.57 Å². The summed E-state index contributed by atoms with van der Waals surface area (Å²) in [7, 11) is 0. The van der Waals surface area contributed by atoms with Crippen LogP contribution in [-0.4, -0.2) is 12.0 Å². The van der Waals surface area contributed by atoms with Crippen molar-refractivity contribution in [3.8, 4) is 0 Å². The van der Waals surface area contributed by atoms with E-state index in [0.29, 0.717) is 6.08 Å². The van der Waals surface area contributed by atoms with Gasteiger partial charge in [-0.25, -0.2) is 0 Å². The Bertz CT molecular complexity index is 260. The molecule has 0 saturated heterocycles. The molecule has 0 amide bonds. The first-order valence-electron chi connectivity index (χ1n) is 3.41. The molecule has 1 aliphatic rings. The van der Waals surface area contributed by atoms with Crippen LogP contribution in [0.15, 0.2) is 23.8 Å². The van der Waals surface area contributed by atoms with Crippen LogP contribution in [0, 0.1) is 0 Å². The second kappa shape index (κ2) is 2.77. The molecule has 66 valence electrons. The third-order valence-corrected chi connectivity index (χ3v) is 1.71. The molecule has 0 fully saturated rings. The van der Waals surface area contributed by atoms with E-state index in [9.17, 15) is 18.0 Å². The minimum absolute atomic E-state index is 0.115. The molecule has 0 aliphatic heterocycles. The molecule has 12 heavy (non-hydrogen) atoms. The van der Waals surface area contributed by atoms with E-state index in [1.54, 1.807) is 0 Å². The molecule has 0 aromatic carbocycles. The lowest BCUT2D eigenvalue weighted by Gasteiger charge is -2.15. The first kappa shape index (κ1) is 9.03. The number of rotatable bonds is 0. The third-order valence-electron chi connectivity index (χ3n) is 1.71. The van der Waals surface area contributed by atoms with E-state index in [2.05, 4.69) is 6.58 Å². The number of alkyl halides is 3. The van der Waals surface area contributed by atoms with Crippen LogP contribution in [0.5, 0.6) is 0 Å². The number of carbonyl (C=O) groups is 1. The first-order valence-corrected chi connectivity index (χ1v) is 3.41. The van der Waals surface area contributed by atoms with Gasteiger partial charge < -0.3 is 0 Å². The Balaban J connectivity index is 2.90. The predicted octanol–water partition coefficient (Wildman–Crippen LogP) is 2.39. The number of hydrogen-bond donors (Lipinski definition) is 0. The Morgan fingerprint density at radius 3 is 2.33 bits per heavy atom. The average Bonchev–Trinajstić information content (AvgIpc) is 1.92. The highest BCUT2D eigenvalue weighted by Gasteiger charge is 2.35. The quantitative estimate of drug-likeness (QED) is 0.518. The maximum Gasteiger partial charge on any atom is 0.412 e. The summed E-state index contributed by atoms with van der Waals surface area (Å²) in [6, 6.07) is 0. The SMILES string of the molecule is C=C1CCC(C(F)(F)F)=CC1=O. The third kappa shape index (κ3) is 1.75. The Labute approximate surface area is 67.6 Å². The van der Waals surface area contributed by atoms with Crippen LogP contribution < -0.4 is 0 Å². The van der Waals surface area contributed by atoms with E-state index >= 15 is 0 Å². The second-order valence-corrected chi connectivity index (χ2v) is 2.64. The van der Waals surface area contributed by atoms with Crippen molar-refractivity contribution in [2.75, 3.05) is 0 Å². The summed E-state index contributed by atoms with van der Waals surface area (Å²) >= 11 is 0. The van der Waals surface area contributed by atoms with Gasteiger partial charge in [-0.05, 0) is 24.5 Å². The zero-order chi connectivity index (χ0) is 9.35. The van der Waals surface area contributed by atoms with E-state index in [1.807, 2.05) is 0 Å². The molecule has 0 bridgehead atoms. The molecular weight excluding hydrogens is 169 g/mol. The highest BCUT2D eigenvalue weighted by atomic mass is 19.4. The summed E-state index contributed by atoms with van der Waals surface area (Å²) in [5, 5.41) is 0. The Kier molecular flexibility index (Phi) is 2.08. The van der Waals surface area contributed by atoms with Crippen molar-refractivity contribution in [2.24, 2.45) is 0 Å². The molecule has 0 unspecified atom stereocenters. The highest BCUT2D eigenvalue weighted by Crippen LogP contribution is 2.32. The Morgan fingerprint density at radius 1 is 1.33 bits per heavy atom.